The van der Waals surface area contributed by atoms with Crippen LogP contribution in [0.1, 0.15) is 32.6 Å². The molecule has 1 heterocycles. The van der Waals surface area contributed by atoms with E-state index < -0.39 is 31.9 Å². The summed E-state index contributed by atoms with van der Waals surface area (Å²) in [5.41, 5.74) is 4.20. The van der Waals surface area contributed by atoms with Gasteiger partial charge in [0.15, 0.2) is 16.7 Å². The molecule has 1 aromatic heterocycles. The molecule has 0 unspecified atom stereocenters. The number of non-ortho nitro benzene ring substituents is 1. The van der Waals surface area contributed by atoms with Crippen LogP contribution in [0.5, 0.6) is 0 Å². The molecule has 0 fully saturated rings. The average Bonchev–Trinajstić information content (AvgIpc) is 2.64. The zero-order valence-electron chi connectivity index (χ0n) is 15.2. The molecule has 152 valence electrons. The number of aromatic amines is 1. The molecule has 0 spiro atoms. The number of nitro benzene ring substituents is 1. The molecular formula is C16H21N5O5S2. The number of sulfonamides is 1. The first-order valence-corrected chi connectivity index (χ1v) is 11.0. The zero-order chi connectivity index (χ0) is 20.7. The minimum atomic E-state index is -4.26. The first-order chi connectivity index (χ1) is 13.2. The molecule has 0 aliphatic heterocycles. The Morgan fingerprint density at radius 3 is 2.71 bits per heavy atom. The number of nitro groups is 1. The molecule has 0 radical (unpaired) electrons. The smallest absolute Gasteiger partial charge is 0.278 e. The van der Waals surface area contributed by atoms with Crippen molar-refractivity contribution in [3.8, 4) is 0 Å². The van der Waals surface area contributed by atoms with Gasteiger partial charge in [-0.3, -0.25) is 24.6 Å². The maximum Gasteiger partial charge on any atom is 0.278 e. The molecule has 0 aliphatic rings. The molecule has 0 saturated carbocycles. The van der Waals surface area contributed by atoms with Crippen LogP contribution in [0.2, 0.25) is 0 Å². The number of benzene rings is 1. The van der Waals surface area contributed by atoms with Gasteiger partial charge < -0.3 is 5.73 Å². The highest BCUT2D eigenvalue weighted by molar-refractivity contribution is 7.99. The van der Waals surface area contributed by atoms with Crippen LogP contribution in [-0.4, -0.2) is 29.1 Å². The third-order valence-electron chi connectivity index (χ3n) is 3.74. The van der Waals surface area contributed by atoms with Crippen LogP contribution in [0.3, 0.4) is 0 Å². The minimum Gasteiger partial charge on any atom is -0.382 e. The third kappa shape index (κ3) is 5.70. The topological polar surface area (TPSA) is 161 Å². The highest BCUT2D eigenvalue weighted by Crippen LogP contribution is 2.22. The van der Waals surface area contributed by atoms with Gasteiger partial charge in [0.05, 0.1) is 9.82 Å². The van der Waals surface area contributed by atoms with Crippen LogP contribution in [0.4, 0.5) is 17.2 Å². The second kappa shape index (κ2) is 9.55. The molecule has 0 saturated heterocycles. The summed E-state index contributed by atoms with van der Waals surface area (Å²) in [4.78, 5) is 28.5. The standard InChI is InChI=1S/C16H21N5O5S2/c1-2-3-4-5-9-27-16-18-14(17)13(15(22)19-16)20-28(25,26)12-8-6-7-11(10-12)21(23)24/h6-8,10,20H,2-5,9H2,1H3,(H3,17,18,19,22). The van der Waals surface area contributed by atoms with Crippen LogP contribution < -0.4 is 16.0 Å². The molecular weight excluding hydrogens is 406 g/mol. The Hall–Kier alpha value is -2.60. The highest BCUT2D eigenvalue weighted by Gasteiger charge is 2.21. The Bertz CT molecular complexity index is 1010. The number of nitrogens with two attached hydrogens (primary N) is 1. The number of nitrogens with zero attached hydrogens (tertiary/aromatic N) is 2. The van der Waals surface area contributed by atoms with Crippen LogP contribution >= 0.6 is 11.8 Å². The molecule has 0 atom stereocenters. The Balaban J connectivity index is 2.18. The number of thioether (sulfide) groups is 1. The van der Waals surface area contributed by atoms with E-state index in [1.54, 1.807) is 0 Å². The monoisotopic (exact) mass is 427 g/mol. The normalized spacial score (nSPS) is 11.3. The van der Waals surface area contributed by atoms with Gasteiger partial charge in [0.25, 0.3) is 21.3 Å². The van der Waals surface area contributed by atoms with E-state index in [4.69, 9.17) is 5.73 Å². The summed E-state index contributed by atoms with van der Waals surface area (Å²) < 4.78 is 27.0. The summed E-state index contributed by atoms with van der Waals surface area (Å²) in [5, 5.41) is 11.1. The van der Waals surface area contributed by atoms with Crippen molar-refractivity contribution in [2.24, 2.45) is 0 Å². The summed E-state index contributed by atoms with van der Waals surface area (Å²) in [6.45, 7) is 2.11. The molecule has 2 rings (SSSR count). The third-order valence-corrected chi connectivity index (χ3v) is 6.04. The van der Waals surface area contributed by atoms with Crippen LogP contribution in [0, 0.1) is 10.1 Å². The molecule has 10 nitrogen and oxygen atoms in total. The molecule has 2 aromatic rings. The number of unbranched alkanes of at least 4 members (excludes halogenated alkanes) is 3. The number of aromatic nitrogens is 2. The van der Waals surface area contributed by atoms with Gasteiger partial charge in [-0.15, -0.1) is 0 Å². The van der Waals surface area contributed by atoms with Gasteiger partial charge in [-0.2, -0.15) is 0 Å². The number of anilines is 2. The molecule has 12 heteroatoms. The van der Waals surface area contributed by atoms with E-state index in [1.165, 1.54) is 23.9 Å². The Morgan fingerprint density at radius 1 is 1.32 bits per heavy atom. The fourth-order valence-electron chi connectivity index (χ4n) is 2.29. The van der Waals surface area contributed by atoms with Crippen molar-refractivity contribution in [2.45, 2.75) is 42.7 Å². The lowest BCUT2D eigenvalue weighted by molar-refractivity contribution is -0.385. The Morgan fingerprint density at radius 2 is 2.07 bits per heavy atom. The first kappa shape index (κ1) is 21.7. The first-order valence-electron chi connectivity index (χ1n) is 8.54. The maximum absolute atomic E-state index is 12.5. The van der Waals surface area contributed by atoms with Crippen LogP contribution in [0.15, 0.2) is 39.1 Å². The van der Waals surface area contributed by atoms with Gasteiger partial charge in [0.2, 0.25) is 0 Å². The predicted molar refractivity (Wildman–Crippen MR) is 108 cm³/mol. The number of nitrogens with one attached hydrogen (secondary N) is 2. The number of hydrogen-bond donors (Lipinski definition) is 3. The van der Waals surface area contributed by atoms with E-state index in [1.807, 2.05) is 0 Å². The van der Waals surface area contributed by atoms with Crippen molar-refractivity contribution < 1.29 is 13.3 Å². The predicted octanol–water partition coefficient (Wildman–Crippen LogP) is 2.73. The lowest BCUT2D eigenvalue weighted by Crippen LogP contribution is -2.23. The number of hydrogen-bond acceptors (Lipinski definition) is 8. The quantitative estimate of drug-likeness (QED) is 0.171. The minimum absolute atomic E-state index is 0.270. The molecule has 0 aliphatic carbocycles. The second-order valence-corrected chi connectivity index (χ2v) is 8.67. The zero-order valence-corrected chi connectivity index (χ0v) is 16.8. The summed E-state index contributed by atoms with van der Waals surface area (Å²) >= 11 is 1.33. The van der Waals surface area contributed by atoms with Crippen molar-refractivity contribution in [3.63, 3.8) is 0 Å². The Labute approximate surface area is 166 Å². The van der Waals surface area contributed by atoms with Crippen LogP contribution in [0.25, 0.3) is 0 Å². The highest BCUT2D eigenvalue weighted by atomic mass is 32.2. The van der Waals surface area contributed by atoms with E-state index in [9.17, 15) is 23.3 Å². The van der Waals surface area contributed by atoms with Gasteiger partial charge >= 0.3 is 0 Å². The second-order valence-electron chi connectivity index (χ2n) is 5.90. The van der Waals surface area contributed by atoms with E-state index in [-0.39, 0.29) is 10.7 Å². The van der Waals surface area contributed by atoms with Gasteiger partial charge in [0.1, 0.15) is 0 Å². The largest absolute Gasteiger partial charge is 0.382 e. The molecule has 1 aromatic carbocycles. The van der Waals surface area contributed by atoms with E-state index in [0.29, 0.717) is 5.16 Å². The average molecular weight is 428 g/mol. The molecule has 0 amide bonds. The van der Waals surface area contributed by atoms with Crippen molar-refractivity contribution >= 4 is 39.0 Å². The van der Waals surface area contributed by atoms with Gasteiger partial charge in [-0.25, -0.2) is 13.4 Å². The van der Waals surface area contributed by atoms with E-state index >= 15 is 0 Å². The van der Waals surface area contributed by atoms with Crippen molar-refractivity contribution in [1.29, 1.82) is 0 Å². The fourth-order valence-corrected chi connectivity index (χ4v) is 4.28. The van der Waals surface area contributed by atoms with Crippen LogP contribution in [-0.2, 0) is 10.0 Å². The van der Waals surface area contributed by atoms with Gasteiger partial charge in [-0.05, 0) is 12.5 Å². The van der Waals surface area contributed by atoms with E-state index in [2.05, 4.69) is 21.6 Å². The summed E-state index contributed by atoms with van der Waals surface area (Å²) in [5.74, 6) is 0.482. The van der Waals surface area contributed by atoms with E-state index in [0.717, 1.165) is 43.6 Å². The molecule has 28 heavy (non-hydrogen) atoms. The van der Waals surface area contributed by atoms with Gasteiger partial charge in [0, 0.05) is 17.9 Å². The Kier molecular flexibility index (Phi) is 7.40. The lowest BCUT2D eigenvalue weighted by Gasteiger charge is -2.10. The molecule has 4 N–H and O–H groups in total. The number of H-pyrrole nitrogens is 1. The van der Waals surface area contributed by atoms with Crippen molar-refractivity contribution in [3.05, 3.63) is 44.7 Å². The summed E-state index contributed by atoms with van der Waals surface area (Å²) in [6.07, 6.45) is 4.28. The molecule has 0 bridgehead atoms. The lowest BCUT2D eigenvalue weighted by atomic mass is 10.2. The van der Waals surface area contributed by atoms with Crippen molar-refractivity contribution in [2.75, 3.05) is 16.2 Å². The van der Waals surface area contributed by atoms with Gasteiger partial charge in [-0.1, -0.05) is 44.0 Å². The van der Waals surface area contributed by atoms with Crippen molar-refractivity contribution in [1.82, 2.24) is 9.97 Å². The number of nitrogen functional groups attached to an aromatic ring is 1. The summed E-state index contributed by atoms with van der Waals surface area (Å²) in [7, 11) is -4.26. The number of rotatable bonds is 10. The fraction of sp³-hybridized carbons (Fsp3) is 0.375. The SMILES string of the molecule is CCCCCCSc1nc(N)c(NS(=O)(=O)c2cccc([N+](=O)[O-])c2)c(=O)[nH]1. The summed E-state index contributed by atoms with van der Waals surface area (Å²) in [6, 6.07) is 4.46. The maximum atomic E-state index is 12.5.